The van der Waals surface area contributed by atoms with Gasteiger partial charge in [-0.15, -0.1) is 0 Å². The van der Waals surface area contributed by atoms with Gasteiger partial charge in [-0.05, 0) is 42.5 Å². The highest BCUT2D eigenvalue weighted by molar-refractivity contribution is 6.30. The highest BCUT2D eigenvalue weighted by Gasteiger charge is 2.31. The molecule has 5 nitrogen and oxygen atoms in total. The van der Waals surface area contributed by atoms with Gasteiger partial charge in [0.25, 0.3) is 5.91 Å². The van der Waals surface area contributed by atoms with Gasteiger partial charge in [0.2, 0.25) is 5.91 Å². The van der Waals surface area contributed by atoms with E-state index in [1.54, 1.807) is 48.4 Å². The predicted molar refractivity (Wildman–Crippen MR) is 92.7 cm³/mol. The second-order valence-corrected chi connectivity index (χ2v) is 6.02. The lowest BCUT2D eigenvalue weighted by molar-refractivity contribution is -0.117. The lowest BCUT2D eigenvalue weighted by Crippen LogP contribution is -2.37. The van der Waals surface area contributed by atoms with Crippen molar-refractivity contribution in [1.29, 1.82) is 0 Å². The molecule has 0 aromatic heterocycles. The Labute approximate surface area is 145 Å². The zero-order valence-corrected chi connectivity index (χ0v) is 13.9. The van der Waals surface area contributed by atoms with E-state index < -0.39 is 0 Å². The summed E-state index contributed by atoms with van der Waals surface area (Å²) >= 11 is 5.90. The van der Waals surface area contributed by atoms with Crippen LogP contribution in [-0.2, 0) is 4.79 Å². The Morgan fingerprint density at radius 2 is 2.00 bits per heavy atom. The summed E-state index contributed by atoms with van der Waals surface area (Å²) in [6.45, 7) is 0.442. The van der Waals surface area contributed by atoms with Gasteiger partial charge in [0.1, 0.15) is 5.75 Å². The van der Waals surface area contributed by atoms with Gasteiger partial charge in [0.15, 0.2) is 0 Å². The molecule has 6 heteroatoms. The summed E-state index contributed by atoms with van der Waals surface area (Å²) in [4.78, 5) is 26.2. The van der Waals surface area contributed by atoms with Gasteiger partial charge in [-0.1, -0.05) is 17.7 Å². The van der Waals surface area contributed by atoms with Crippen molar-refractivity contribution in [3.8, 4) is 5.75 Å². The van der Waals surface area contributed by atoms with Crippen molar-refractivity contribution >= 4 is 29.1 Å². The Kier molecular flexibility index (Phi) is 4.71. The molecular formula is C18H17ClN2O3. The molecule has 1 aliphatic rings. The minimum Gasteiger partial charge on any atom is -0.497 e. The van der Waals surface area contributed by atoms with Crippen LogP contribution in [0.2, 0.25) is 5.02 Å². The molecule has 2 amide bonds. The van der Waals surface area contributed by atoms with Crippen LogP contribution in [0.1, 0.15) is 16.8 Å². The molecule has 0 spiro atoms. The van der Waals surface area contributed by atoms with Crippen LogP contribution < -0.4 is 15.0 Å². The van der Waals surface area contributed by atoms with Crippen molar-refractivity contribution in [2.75, 3.05) is 18.6 Å². The number of methoxy groups -OCH3 is 1. The van der Waals surface area contributed by atoms with Crippen LogP contribution in [0.15, 0.2) is 48.5 Å². The fraction of sp³-hybridized carbons (Fsp3) is 0.222. The summed E-state index contributed by atoms with van der Waals surface area (Å²) < 4.78 is 5.12. The Morgan fingerprint density at radius 3 is 2.67 bits per heavy atom. The summed E-state index contributed by atoms with van der Waals surface area (Å²) in [6.07, 6.45) is 0.276. The van der Waals surface area contributed by atoms with E-state index in [4.69, 9.17) is 16.3 Å². The Morgan fingerprint density at radius 1 is 1.25 bits per heavy atom. The molecule has 0 bridgehead atoms. The molecular weight excluding hydrogens is 328 g/mol. The standard InChI is InChI=1S/C18H17ClN2O3/c1-24-16-7-5-15(6-8-16)21-11-14(10-17(21)22)20-18(23)12-3-2-4-13(19)9-12/h2-9,14H,10-11H2,1H3,(H,20,23)/t14-/m0/s1. The number of halogens is 1. The van der Waals surface area contributed by atoms with Crippen LogP contribution >= 0.6 is 11.6 Å². The quantitative estimate of drug-likeness (QED) is 0.927. The molecule has 1 heterocycles. The normalized spacial score (nSPS) is 17.0. The van der Waals surface area contributed by atoms with Crippen molar-refractivity contribution in [2.45, 2.75) is 12.5 Å². The van der Waals surface area contributed by atoms with Crippen LogP contribution in [0.4, 0.5) is 5.69 Å². The third kappa shape index (κ3) is 3.51. The van der Waals surface area contributed by atoms with Gasteiger partial charge in [0.05, 0.1) is 13.2 Å². The largest absolute Gasteiger partial charge is 0.497 e. The van der Waals surface area contributed by atoms with E-state index in [-0.39, 0.29) is 24.3 Å². The highest BCUT2D eigenvalue weighted by atomic mass is 35.5. The fourth-order valence-corrected chi connectivity index (χ4v) is 2.90. The van der Waals surface area contributed by atoms with Gasteiger partial charge in [-0.3, -0.25) is 9.59 Å². The molecule has 3 rings (SSSR count). The van der Waals surface area contributed by atoms with Crippen LogP contribution in [0.5, 0.6) is 5.75 Å². The minimum atomic E-state index is -0.230. The van der Waals surface area contributed by atoms with Crippen molar-refractivity contribution < 1.29 is 14.3 Å². The smallest absolute Gasteiger partial charge is 0.251 e. The molecule has 24 heavy (non-hydrogen) atoms. The first-order valence-electron chi connectivity index (χ1n) is 7.57. The summed E-state index contributed by atoms with van der Waals surface area (Å²) in [7, 11) is 1.59. The summed E-state index contributed by atoms with van der Waals surface area (Å²) in [5, 5.41) is 3.39. The Balaban J connectivity index is 1.67. The second-order valence-electron chi connectivity index (χ2n) is 5.59. The number of carbonyl (C=O) groups is 2. The number of anilines is 1. The lowest BCUT2D eigenvalue weighted by Gasteiger charge is -2.17. The van der Waals surface area contributed by atoms with E-state index in [0.29, 0.717) is 17.1 Å². The Hall–Kier alpha value is -2.53. The summed E-state index contributed by atoms with van der Waals surface area (Å²) in [5.74, 6) is 0.486. The number of rotatable bonds is 4. The van der Waals surface area contributed by atoms with E-state index in [1.807, 2.05) is 12.1 Å². The molecule has 1 atom stereocenters. The molecule has 1 fully saturated rings. The van der Waals surface area contributed by atoms with Crippen LogP contribution in [0, 0.1) is 0 Å². The van der Waals surface area contributed by atoms with Gasteiger partial charge in [0, 0.05) is 29.2 Å². The van der Waals surface area contributed by atoms with E-state index in [9.17, 15) is 9.59 Å². The summed E-state index contributed by atoms with van der Waals surface area (Å²) in [6, 6.07) is 13.8. The fourth-order valence-electron chi connectivity index (χ4n) is 2.71. The second kappa shape index (κ2) is 6.93. The number of carbonyl (C=O) groups excluding carboxylic acids is 2. The SMILES string of the molecule is COc1ccc(N2C[C@@H](NC(=O)c3cccc(Cl)c3)CC2=O)cc1. The molecule has 2 aromatic carbocycles. The topological polar surface area (TPSA) is 58.6 Å². The molecule has 1 aliphatic heterocycles. The maximum atomic E-state index is 12.3. The number of nitrogens with zero attached hydrogens (tertiary/aromatic N) is 1. The maximum Gasteiger partial charge on any atom is 0.251 e. The molecule has 0 unspecified atom stereocenters. The van der Waals surface area contributed by atoms with Crippen LogP contribution in [0.3, 0.4) is 0 Å². The van der Waals surface area contributed by atoms with E-state index in [2.05, 4.69) is 5.32 Å². The third-order valence-electron chi connectivity index (χ3n) is 3.93. The molecule has 1 N–H and O–H groups in total. The van der Waals surface area contributed by atoms with Crippen molar-refractivity contribution in [3.05, 3.63) is 59.1 Å². The van der Waals surface area contributed by atoms with Gasteiger partial charge >= 0.3 is 0 Å². The van der Waals surface area contributed by atoms with E-state index in [0.717, 1.165) is 11.4 Å². The highest BCUT2D eigenvalue weighted by Crippen LogP contribution is 2.24. The first-order valence-corrected chi connectivity index (χ1v) is 7.95. The number of ether oxygens (including phenoxy) is 1. The molecule has 2 aromatic rings. The average Bonchev–Trinajstić information content (AvgIpc) is 2.95. The number of hydrogen-bond acceptors (Lipinski definition) is 3. The molecule has 0 aliphatic carbocycles. The number of nitrogens with one attached hydrogen (secondary N) is 1. The zero-order valence-electron chi connectivity index (χ0n) is 13.2. The number of amides is 2. The van der Waals surface area contributed by atoms with Gasteiger partial charge in [-0.25, -0.2) is 0 Å². The van der Waals surface area contributed by atoms with Crippen molar-refractivity contribution in [3.63, 3.8) is 0 Å². The molecule has 0 saturated carbocycles. The first-order chi connectivity index (χ1) is 11.6. The van der Waals surface area contributed by atoms with Crippen molar-refractivity contribution in [2.24, 2.45) is 0 Å². The number of hydrogen-bond donors (Lipinski definition) is 1. The number of benzene rings is 2. The van der Waals surface area contributed by atoms with Crippen molar-refractivity contribution in [1.82, 2.24) is 5.32 Å². The minimum absolute atomic E-state index is 0.0171. The van der Waals surface area contributed by atoms with E-state index >= 15 is 0 Å². The molecule has 0 radical (unpaired) electrons. The van der Waals surface area contributed by atoms with Crippen LogP contribution in [0.25, 0.3) is 0 Å². The first kappa shape index (κ1) is 16.3. The zero-order chi connectivity index (χ0) is 17.1. The van der Waals surface area contributed by atoms with Gasteiger partial charge < -0.3 is 15.0 Å². The van der Waals surface area contributed by atoms with Gasteiger partial charge in [-0.2, -0.15) is 0 Å². The third-order valence-corrected chi connectivity index (χ3v) is 4.17. The van der Waals surface area contributed by atoms with Crippen LogP contribution in [-0.4, -0.2) is 31.5 Å². The predicted octanol–water partition coefficient (Wildman–Crippen LogP) is 2.88. The molecule has 124 valence electrons. The van der Waals surface area contributed by atoms with E-state index in [1.165, 1.54) is 0 Å². The average molecular weight is 345 g/mol. The maximum absolute atomic E-state index is 12.3. The Bertz CT molecular complexity index is 761. The molecule has 1 saturated heterocycles. The summed E-state index contributed by atoms with van der Waals surface area (Å²) in [5.41, 5.74) is 1.28. The monoisotopic (exact) mass is 344 g/mol. The lowest BCUT2D eigenvalue weighted by atomic mass is 10.2.